The molecule has 0 amide bonds. The van der Waals surface area contributed by atoms with E-state index in [2.05, 4.69) is 10.3 Å². The monoisotopic (exact) mass is 528 g/mol. The lowest BCUT2D eigenvalue weighted by Gasteiger charge is -2.06. The predicted octanol–water partition coefficient (Wildman–Crippen LogP) is 6.72. The van der Waals surface area contributed by atoms with Crippen molar-refractivity contribution in [2.24, 2.45) is 10.3 Å². The van der Waals surface area contributed by atoms with Crippen molar-refractivity contribution in [1.82, 2.24) is 0 Å². The van der Waals surface area contributed by atoms with E-state index in [4.69, 9.17) is 30.0 Å². The maximum atomic E-state index is 11.0. The summed E-state index contributed by atoms with van der Waals surface area (Å²) in [5.41, 5.74) is -0.843. The maximum absolute atomic E-state index is 11.0. The van der Waals surface area contributed by atoms with Crippen LogP contribution in [-0.4, -0.2) is 40.9 Å². The fraction of sp³-hybridized carbons (Fsp3) is 0.909. The molecule has 0 aromatic heterocycles. The minimum Gasteiger partial charge on any atom is -0.410 e. The first kappa shape index (κ1) is 33.2. The molecular formula is C22H46N2O8P2. The second-order valence-electron chi connectivity index (χ2n) is 8.98. The summed E-state index contributed by atoms with van der Waals surface area (Å²) in [5.74, 6) is 0. The van der Waals surface area contributed by atoms with Crippen LogP contribution in [0.4, 0.5) is 0 Å². The van der Waals surface area contributed by atoms with Crippen molar-refractivity contribution in [1.29, 1.82) is 0 Å². The molecule has 0 atom stereocenters. The number of hydrogen-bond donors (Lipinski definition) is 6. The molecule has 0 aliphatic carbocycles. The fourth-order valence-electron chi connectivity index (χ4n) is 3.90. The predicted molar refractivity (Wildman–Crippen MR) is 135 cm³/mol. The van der Waals surface area contributed by atoms with Crippen LogP contribution in [0.5, 0.6) is 0 Å². The smallest absolute Gasteiger partial charge is 0.373 e. The van der Waals surface area contributed by atoms with E-state index in [1.165, 1.54) is 64.2 Å². The first-order valence-electron chi connectivity index (χ1n) is 12.7. The zero-order valence-corrected chi connectivity index (χ0v) is 22.2. The molecule has 0 saturated carbocycles. The Balaban J connectivity index is 3.32. The van der Waals surface area contributed by atoms with Crippen LogP contribution in [-0.2, 0) is 9.13 Å². The van der Waals surface area contributed by atoms with E-state index in [0.717, 1.165) is 38.5 Å². The van der Waals surface area contributed by atoms with Crippen molar-refractivity contribution >= 4 is 26.1 Å². The Morgan fingerprint density at radius 1 is 0.412 bits per heavy atom. The van der Waals surface area contributed by atoms with Crippen LogP contribution in [0.15, 0.2) is 10.3 Å². The molecule has 34 heavy (non-hydrogen) atoms. The summed E-state index contributed by atoms with van der Waals surface area (Å²) in [6, 6.07) is 0. The zero-order chi connectivity index (χ0) is 25.7. The summed E-state index contributed by atoms with van der Waals surface area (Å²) < 4.78 is 22.0. The normalized spacial score (nSPS) is 13.5. The van der Waals surface area contributed by atoms with Crippen molar-refractivity contribution < 1.29 is 39.1 Å². The Hall–Kier alpha value is -0.760. The minimum absolute atomic E-state index is 0.143. The molecule has 12 heteroatoms. The summed E-state index contributed by atoms with van der Waals surface area (Å²) in [7, 11) is -8.82. The van der Waals surface area contributed by atoms with E-state index < -0.39 is 26.1 Å². The number of oxime groups is 2. The molecular weight excluding hydrogens is 482 g/mol. The lowest BCUT2D eigenvalue weighted by molar-refractivity contribution is 0.314. The molecule has 0 bridgehead atoms. The average Bonchev–Trinajstić information content (AvgIpc) is 2.75. The summed E-state index contributed by atoms with van der Waals surface area (Å²) >= 11 is 0. The second-order valence-corrected chi connectivity index (χ2v) is 12.2. The van der Waals surface area contributed by atoms with Gasteiger partial charge in [0.1, 0.15) is 0 Å². The van der Waals surface area contributed by atoms with Gasteiger partial charge >= 0.3 is 15.2 Å². The number of hydrogen-bond acceptors (Lipinski definition) is 6. The van der Waals surface area contributed by atoms with Crippen LogP contribution in [0.3, 0.4) is 0 Å². The SMILES string of the molecule is O=P(O)(O)/C(CCCCCCCCCCCCCCCCCCCC/C(=N/O)P(=O)(O)O)=N\O. The topological polar surface area (TPSA) is 180 Å². The molecule has 0 fully saturated rings. The van der Waals surface area contributed by atoms with Crippen LogP contribution in [0.2, 0.25) is 0 Å². The van der Waals surface area contributed by atoms with Gasteiger partial charge in [-0.3, -0.25) is 9.13 Å². The van der Waals surface area contributed by atoms with Gasteiger partial charge in [0.05, 0.1) is 0 Å². The van der Waals surface area contributed by atoms with Gasteiger partial charge in [0.25, 0.3) is 0 Å². The second kappa shape index (κ2) is 20.4. The maximum Gasteiger partial charge on any atom is 0.373 e. The summed E-state index contributed by atoms with van der Waals surface area (Å²) in [4.78, 5) is 35.8. The van der Waals surface area contributed by atoms with E-state index in [-0.39, 0.29) is 12.8 Å². The standard InChI is InChI=1S/C22H46N2O8P2/c25-23-21(33(27,28)29)19-17-15-13-11-9-7-5-3-1-2-4-6-8-10-12-14-16-18-20-22(24-26)34(30,31)32/h25-26H,1-20H2,(H2,27,28,29)(H2,30,31,32)/b23-21-,24-22-. The van der Waals surface area contributed by atoms with Crippen molar-refractivity contribution in [3.63, 3.8) is 0 Å². The molecule has 10 nitrogen and oxygen atoms in total. The van der Waals surface area contributed by atoms with E-state index in [1.54, 1.807) is 0 Å². The van der Waals surface area contributed by atoms with Crippen molar-refractivity contribution in [2.45, 2.75) is 128 Å². The Morgan fingerprint density at radius 3 is 0.735 bits per heavy atom. The number of nitrogens with zero attached hydrogens (tertiary/aromatic N) is 2. The molecule has 0 unspecified atom stereocenters. The van der Waals surface area contributed by atoms with Crippen LogP contribution in [0, 0.1) is 0 Å². The molecule has 0 aromatic rings. The van der Waals surface area contributed by atoms with Crippen molar-refractivity contribution in [3.05, 3.63) is 0 Å². The van der Waals surface area contributed by atoms with Crippen LogP contribution < -0.4 is 0 Å². The van der Waals surface area contributed by atoms with Gasteiger partial charge in [-0.1, -0.05) is 113 Å². The van der Waals surface area contributed by atoms with Crippen LogP contribution >= 0.6 is 15.2 Å². The first-order chi connectivity index (χ1) is 16.1. The van der Waals surface area contributed by atoms with Gasteiger partial charge in [-0.2, -0.15) is 0 Å². The molecule has 0 aliphatic heterocycles. The van der Waals surface area contributed by atoms with Gasteiger partial charge in [-0.25, -0.2) is 0 Å². The van der Waals surface area contributed by atoms with Gasteiger partial charge in [0.2, 0.25) is 0 Å². The zero-order valence-electron chi connectivity index (χ0n) is 20.4. The largest absolute Gasteiger partial charge is 0.410 e. The Kier molecular flexibility index (Phi) is 20.0. The average molecular weight is 529 g/mol. The minimum atomic E-state index is -4.41. The first-order valence-corrected chi connectivity index (χ1v) is 15.9. The Bertz CT molecular complexity index is 605. The third kappa shape index (κ3) is 19.5. The molecule has 0 aliphatic rings. The summed E-state index contributed by atoms with van der Waals surface area (Å²) in [6.07, 6.45) is 20.1. The van der Waals surface area contributed by atoms with Crippen molar-refractivity contribution in [3.8, 4) is 0 Å². The van der Waals surface area contributed by atoms with E-state index >= 15 is 0 Å². The number of rotatable bonds is 23. The van der Waals surface area contributed by atoms with E-state index in [9.17, 15) is 9.13 Å². The van der Waals surface area contributed by atoms with E-state index in [1.807, 2.05) is 0 Å². The third-order valence-electron chi connectivity index (χ3n) is 5.95. The molecule has 0 radical (unpaired) electrons. The molecule has 0 heterocycles. The van der Waals surface area contributed by atoms with Gasteiger partial charge < -0.3 is 30.0 Å². The van der Waals surface area contributed by atoms with Gasteiger partial charge in [0.15, 0.2) is 10.9 Å². The molecule has 0 saturated heterocycles. The molecule has 0 spiro atoms. The Morgan fingerprint density at radius 2 is 0.588 bits per heavy atom. The molecule has 0 aromatic carbocycles. The van der Waals surface area contributed by atoms with Crippen LogP contribution in [0.25, 0.3) is 0 Å². The van der Waals surface area contributed by atoms with Crippen LogP contribution in [0.1, 0.15) is 128 Å². The molecule has 202 valence electrons. The lowest BCUT2D eigenvalue weighted by atomic mass is 10.0. The highest BCUT2D eigenvalue weighted by Gasteiger charge is 2.23. The van der Waals surface area contributed by atoms with Gasteiger partial charge in [-0.15, -0.1) is 0 Å². The van der Waals surface area contributed by atoms with Gasteiger partial charge in [-0.05, 0) is 12.8 Å². The quantitative estimate of drug-likeness (QED) is 0.0278. The highest BCUT2D eigenvalue weighted by Crippen LogP contribution is 2.39. The lowest BCUT2D eigenvalue weighted by Crippen LogP contribution is -1.99. The summed E-state index contributed by atoms with van der Waals surface area (Å²) in [6.45, 7) is 0. The van der Waals surface area contributed by atoms with E-state index in [0.29, 0.717) is 12.8 Å². The third-order valence-corrected chi connectivity index (χ3v) is 7.93. The van der Waals surface area contributed by atoms with Crippen molar-refractivity contribution in [2.75, 3.05) is 0 Å². The highest BCUT2D eigenvalue weighted by molar-refractivity contribution is 7.70. The summed E-state index contributed by atoms with van der Waals surface area (Å²) in [5, 5.41) is 22.7. The van der Waals surface area contributed by atoms with Gasteiger partial charge in [0, 0.05) is 12.8 Å². The number of unbranched alkanes of at least 4 members (excludes halogenated alkanes) is 17. The fourth-order valence-corrected chi connectivity index (χ4v) is 5.03. The molecule has 0 rings (SSSR count). The Labute approximate surface area is 204 Å². The highest BCUT2D eigenvalue weighted by atomic mass is 31.2. The molecule has 6 N–H and O–H groups in total.